The molecule has 0 saturated carbocycles. The molecule has 0 fully saturated rings. The summed E-state index contributed by atoms with van der Waals surface area (Å²) < 4.78 is 5.16. The Bertz CT molecular complexity index is 821. The zero-order chi connectivity index (χ0) is 18.2. The molecule has 0 bridgehead atoms. The normalized spacial score (nSPS) is 11.9. The lowest BCUT2D eigenvalue weighted by Gasteiger charge is -2.15. The van der Waals surface area contributed by atoms with E-state index in [0.29, 0.717) is 17.0 Å². The first kappa shape index (κ1) is 17.8. The van der Waals surface area contributed by atoms with Crippen LogP contribution in [0.15, 0.2) is 60.2 Å². The predicted octanol–water partition coefficient (Wildman–Crippen LogP) is 1.75. The average molecular weight is 335 g/mol. The van der Waals surface area contributed by atoms with Gasteiger partial charge in [-0.15, -0.1) is 0 Å². The number of amides is 1. The van der Waals surface area contributed by atoms with E-state index in [2.05, 4.69) is 5.32 Å². The van der Waals surface area contributed by atoms with E-state index in [9.17, 15) is 20.0 Å². The number of hydrogen-bond donors (Lipinski definition) is 1. The molecule has 0 spiro atoms. The van der Waals surface area contributed by atoms with Crippen molar-refractivity contribution < 1.29 is 19.4 Å². The molecule has 126 valence electrons. The highest BCUT2D eigenvalue weighted by molar-refractivity contribution is 6.09. The largest absolute Gasteiger partial charge is 0.546 e. The smallest absolute Gasteiger partial charge is 0.266 e. The zero-order valence-corrected chi connectivity index (χ0v) is 13.4. The standard InChI is InChI=1S/C19H16N2O4/c1-13(19(23)24)25-17-9-7-14(8-10-17)11-15(12-20)18(22)21-16-5-3-2-4-6-16/h2-11,13H,1H3,(H,21,22)(H,23,24)/p-1/b15-11+/t13-/m1/s1. The molecule has 1 atom stereocenters. The number of carbonyl (C=O) groups excluding carboxylic acids is 2. The van der Waals surface area contributed by atoms with Gasteiger partial charge in [0.25, 0.3) is 5.91 Å². The molecule has 0 aliphatic rings. The van der Waals surface area contributed by atoms with Gasteiger partial charge in [-0.05, 0) is 42.8 Å². The Hall–Kier alpha value is -3.59. The van der Waals surface area contributed by atoms with Crippen LogP contribution in [0.1, 0.15) is 12.5 Å². The van der Waals surface area contributed by atoms with E-state index in [1.54, 1.807) is 48.5 Å². The van der Waals surface area contributed by atoms with Crippen LogP contribution in [0, 0.1) is 11.3 Å². The minimum Gasteiger partial charge on any atom is -0.546 e. The molecule has 0 aromatic heterocycles. The van der Waals surface area contributed by atoms with Crippen molar-refractivity contribution in [1.82, 2.24) is 0 Å². The zero-order valence-electron chi connectivity index (χ0n) is 13.4. The Balaban J connectivity index is 2.10. The molecule has 2 rings (SSSR count). The molecule has 25 heavy (non-hydrogen) atoms. The Kier molecular flexibility index (Phi) is 5.91. The summed E-state index contributed by atoms with van der Waals surface area (Å²) in [5.74, 6) is -1.48. The number of carboxylic acid groups (broad SMARTS) is 1. The van der Waals surface area contributed by atoms with Crippen molar-refractivity contribution in [3.05, 3.63) is 65.7 Å². The fraction of sp³-hybridized carbons (Fsp3) is 0.105. The van der Waals surface area contributed by atoms with Crippen molar-refractivity contribution >= 4 is 23.6 Å². The van der Waals surface area contributed by atoms with Gasteiger partial charge in [-0.25, -0.2) is 0 Å². The number of carboxylic acids is 1. The first-order chi connectivity index (χ1) is 12.0. The highest BCUT2D eigenvalue weighted by Gasteiger charge is 2.10. The van der Waals surface area contributed by atoms with Gasteiger partial charge in [0, 0.05) is 5.69 Å². The summed E-state index contributed by atoms with van der Waals surface area (Å²) >= 11 is 0. The molecule has 0 unspecified atom stereocenters. The maximum Gasteiger partial charge on any atom is 0.266 e. The number of rotatable bonds is 6. The van der Waals surface area contributed by atoms with E-state index in [1.165, 1.54) is 13.0 Å². The summed E-state index contributed by atoms with van der Waals surface area (Å²) in [6.07, 6.45) is 0.359. The quantitative estimate of drug-likeness (QED) is 0.640. The second-order valence-electron chi connectivity index (χ2n) is 5.14. The van der Waals surface area contributed by atoms with Crippen LogP contribution in [-0.4, -0.2) is 18.0 Å². The van der Waals surface area contributed by atoms with Crippen molar-refractivity contribution in [2.24, 2.45) is 0 Å². The lowest BCUT2D eigenvalue weighted by Crippen LogP contribution is -2.37. The van der Waals surface area contributed by atoms with Crippen LogP contribution in [-0.2, 0) is 9.59 Å². The monoisotopic (exact) mass is 335 g/mol. The van der Waals surface area contributed by atoms with E-state index in [-0.39, 0.29) is 5.57 Å². The average Bonchev–Trinajstić information content (AvgIpc) is 2.61. The second kappa shape index (κ2) is 8.31. The summed E-state index contributed by atoms with van der Waals surface area (Å²) in [4.78, 5) is 22.8. The first-order valence-electron chi connectivity index (χ1n) is 7.45. The number of hydrogen-bond acceptors (Lipinski definition) is 5. The van der Waals surface area contributed by atoms with E-state index in [0.717, 1.165) is 0 Å². The molecule has 2 aromatic rings. The van der Waals surface area contributed by atoms with Gasteiger partial charge in [-0.2, -0.15) is 5.26 Å². The van der Waals surface area contributed by atoms with Crippen molar-refractivity contribution in [2.75, 3.05) is 5.32 Å². The van der Waals surface area contributed by atoms with Crippen LogP contribution in [0.25, 0.3) is 6.08 Å². The number of nitriles is 1. The van der Waals surface area contributed by atoms with Crippen LogP contribution < -0.4 is 15.2 Å². The first-order valence-corrected chi connectivity index (χ1v) is 7.45. The molecule has 0 aliphatic heterocycles. The third kappa shape index (κ3) is 5.22. The summed E-state index contributed by atoms with van der Waals surface area (Å²) in [6.45, 7) is 1.37. The van der Waals surface area contributed by atoms with E-state index >= 15 is 0 Å². The second-order valence-corrected chi connectivity index (χ2v) is 5.14. The van der Waals surface area contributed by atoms with E-state index in [1.807, 2.05) is 12.1 Å². The number of ether oxygens (including phenoxy) is 1. The fourth-order valence-electron chi connectivity index (χ4n) is 1.93. The lowest BCUT2D eigenvalue weighted by molar-refractivity contribution is -0.312. The number of para-hydroxylation sites is 1. The molecule has 0 heterocycles. The van der Waals surface area contributed by atoms with E-state index in [4.69, 9.17) is 4.74 Å². The van der Waals surface area contributed by atoms with Gasteiger partial charge in [-0.1, -0.05) is 30.3 Å². The topological polar surface area (TPSA) is 102 Å². The van der Waals surface area contributed by atoms with E-state index < -0.39 is 18.0 Å². The number of aliphatic carboxylic acids is 1. The van der Waals surface area contributed by atoms with Gasteiger partial charge in [-0.3, -0.25) is 4.79 Å². The van der Waals surface area contributed by atoms with Crippen molar-refractivity contribution in [2.45, 2.75) is 13.0 Å². The van der Waals surface area contributed by atoms with Gasteiger partial charge >= 0.3 is 0 Å². The Morgan fingerprint density at radius 1 is 1.16 bits per heavy atom. The highest BCUT2D eigenvalue weighted by Crippen LogP contribution is 2.16. The SMILES string of the molecule is C[C@@H](Oc1ccc(/C=C(\C#N)C(=O)Nc2ccccc2)cc1)C(=O)[O-]. The van der Waals surface area contributed by atoms with Crippen molar-refractivity contribution in [3.63, 3.8) is 0 Å². The summed E-state index contributed by atoms with van der Waals surface area (Å²) in [5.41, 5.74) is 1.14. The molecule has 0 aliphatic carbocycles. The number of nitrogens with one attached hydrogen (secondary N) is 1. The third-order valence-corrected chi connectivity index (χ3v) is 3.23. The van der Waals surface area contributed by atoms with Crippen molar-refractivity contribution in [3.8, 4) is 11.8 Å². The molecule has 0 saturated heterocycles. The number of carbonyl (C=O) groups is 2. The van der Waals surface area contributed by atoms with Crippen LogP contribution in [0.3, 0.4) is 0 Å². The molecule has 1 amide bonds. The summed E-state index contributed by atoms with van der Waals surface area (Å²) in [6, 6.07) is 17.0. The Morgan fingerprint density at radius 3 is 2.36 bits per heavy atom. The highest BCUT2D eigenvalue weighted by atomic mass is 16.5. The summed E-state index contributed by atoms with van der Waals surface area (Å²) in [7, 11) is 0. The Morgan fingerprint density at radius 2 is 1.80 bits per heavy atom. The van der Waals surface area contributed by atoms with Crippen molar-refractivity contribution in [1.29, 1.82) is 5.26 Å². The van der Waals surface area contributed by atoms with Gasteiger partial charge in [0.05, 0.1) is 5.97 Å². The van der Waals surface area contributed by atoms with Crippen LogP contribution >= 0.6 is 0 Å². The maximum absolute atomic E-state index is 12.1. The minimum atomic E-state index is -1.31. The molecule has 2 aromatic carbocycles. The lowest BCUT2D eigenvalue weighted by atomic mass is 10.1. The van der Waals surface area contributed by atoms with Crippen LogP contribution in [0.4, 0.5) is 5.69 Å². The molecule has 6 nitrogen and oxygen atoms in total. The van der Waals surface area contributed by atoms with Gasteiger partial charge in [0.2, 0.25) is 0 Å². The molecule has 6 heteroatoms. The molecular formula is C19H15N2O4-. The molecular weight excluding hydrogens is 320 g/mol. The molecule has 0 radical (unpaired) electrons. The van der Waals surface area contributed by atoms with Gasteiger partial charge in [0.15, 0.2) is 0 Å². The fourth-order valence-corrected chi connectivity index (χ4v) is 1.93. The number of nitrogens with zero attached hydrogens (tertiary/aromatic N) is 1. The predicted molar refractivity (Wildman–Crippen MR) is 90.2 cm³/mol. The minimum absolute atomic E-state index is 0.0550. The third-order valence-electron chi connectivity index (χ3n) is 3.23. The number of anilines is 1. The Labute approximate surface area is 145 Å². The van der Waals surface area contributed by atoms with Crippen LogP contribution in [0.2, 0.25) is 0 Å². The van der Waals surface area contributed by atoms with Gasteiger partial charge < -0.3 is 20.0 Å². The molecule has 1 N–H and O–H groups in total. The van der Waals surface area contributed by atoms with Crippen LogP contribution in [0.5, 0.6) is 5.75 Å². The summed E-state index contributed by atoms with van der Waals surface area (Å²) in [5, 5.41) is 22.5. The van der Waals surface area contributed by atoms with Gasteiger partial charge in [0.1, 0.15) is 23.5 Å². The number of benzene rings is 2. The maximum atomic E-state index is 12.1.